The fourth-order valence-corrected chi connectivity index (χ4v) is 2.34. The lowest BCUT2D eigenvalue weighted by Crippen LogP contribution is -2.24. The van der Waals surface area contributed by atoms with E-state index in [1.54, 1.807) is 10.9 Å². The molecule has 0 atom stereocenters. The number of rotatable bonds is 1. The molecule has 1 aliphatic carbocycles. The first-order valence-corrected chi connectivity index (χ1v) is 5.89. The van der Waals surface area contributed by atoms with Gasteiger partial charge in [-0.2, -0.15) is 0 Å². The third-order valence-electron chi connectivity index (χ3n) is 3.02. The maximum absolute atomic E-state index is 11.7. The maximum Gasteiger partial charge on any atom is 0.255 e. The molecule has 1 aliphatic rings. The Bertz CT molecular complexity index is 380. The topological polar surface area (TPSA) is 34.9 Å². The van der Waals surface area contributed by atoms with Gasteiger partial charge < -0.3 is 0 Å². The first kappa shape index (κ1) is 10.7. The van der Waals surface area contributed by atoms with Crippen LogP contribution in [0.5, 0.6) is 0 Å². The summed E-state index contributed by atoms with van der Waals surface area (Å²) in [6, 6.07) is 1.72. The fourth-order valence-electron chi connectivity index (χ4n) is 2.20. The molecule has 1 fully saturated rings. The van der Waals surface area contributed by atoms with Crippen LogP contribution in [0.2, 0.25) is 5.15 Å². The van der Waals surface area contributed by atoms with Gasteiger partial charge >= 0.3 is 0 Å². The van der Waals surface area contributed by atoms with E-state index in [0.717, 1.165) is 12.8 Å². The molecule has 0 unspecified atom stereocenters. The first-order chi connectivity index (χ1) is 7.27. The van der Waals surface area contributed by atoms with Gasteiger partial charge in [0, 0.05) is 12.1 Å². The summed E-state index contributed by atoms with van der Waals surface area (Å²) < 4.78 is 1.73. The normalized spacial score (nSPS) is 18.7. The van der Waals surface area contributed by atoms with Crippen LogP contribution >= 0.6 is 11.6 Å². The van der Waals surface area contributed by atoms with Gasteiger partial charge in [0.1, 0.15) is 5.15 Å². The van der Waals surface area contributed by atoms with E-state index >= 15 is 0 Å². The molecule has 2 rings (SSSR count). The Labute approximate surface area is 94.1 Å². The smallest absolute Gasteiger partial charge is 0.255 e. The highest BCUT2D eigenvalue weighted by atomic mass is 35.5. The Morgan fingerprint density at radius 3 is 2.53 bits per heavy atom. The van der Waals surface area contributed by atoms with E-state index in [0.29, 0.717) is 6.04 Å². The Kier molecular flexibility index (Phi) is 3.41. The number of halogens is 1. The van der Waals surface area contributed by atoms with Gasteiger partial charge in [0.2, 0.25) is 0 Å². The summed E-state index contributed by atoms with van der Waals surface area (Å²) in [4.78, 5) is 15.7. The van der Waals surface area contributed by atoms with Crippen molar-refractivity contribution in [1.82, 2.24) is 9.55 Å². The molecule has 1 saturated carbocycles. The number of hydrogen-bond acceptors (Lipinski definition) is 2. The van der Waals surface area contributed by atoms with Crippen molar-refractivity contribution in [3.8, 4) is 0 Å². The third kappa shape index (κ3) is 2.59. The lowest BCUT2D eigenvalue weighted by Gasteiger charge is -2.16. The summed E-state index contributed by atoms with van der Waals surface area (Å²) in [5.74, 6) is 0. The Morgan fingerprint density at radius 1 is 1.27 bits per heavy atom. The second-order valence-electron chi connectivity index (χ2n) is 4.10. The molecule has 0 aliphatic heterocycles. The van der Waals surface area contributed by atoms with Gasteiger partial charge in [-0.25, -0.2) is 4.98 Å². The van der Waals surface area contributed by atoms with Crippen molar-refractivity contribution in [3.63, 3.8) is 0 Å². The average molecular weight is 227 g/mol. The Hall–Kier alpha value is -0.830. The van der Waals surface area contributed by atoms with Gasteiger partial charge in [0.05, 0.1) is 6.33 Å². The standard InChI is InChI=1S/C11H15ClN2O/c12-10-7-11(15)14(8-13-10)9-5-3-1-2-4-6-9/h7-9H,1-6H2. The molecule has 0 N–H and O–H groups in total. The van der Waals surface area contributed by atoms with Crippen molar-refractivity contribution < 1.29 is 0 Å². The van der Waals surface area contributed by atoms with Crippen LogP contribution in [-0.2, 0) is 0 Å². The molecule has 0 amide bonds. The zero-order valence-corrected chi connectivity index (χ0v) is 9.41. The molecule has 4 heteroatoms. The van der Waals surface area contributed by atoms with E-state index < -0.39 is 0 Å². The monoisotopic (exact) mass is 226 g/mol. The van der Waals surface area contributed by atoms with E-state index in [1.807, 2.05) is 0 Å². The van der Waals surface area contributed by atoms with Crippen LogP contribution in [0.3, 0.4) is 0 Å². The summed E-state index contributed by atoms with van der Waals surface area (Å²) >= 11 is 5.66. The van der Waals surface area contributed by atoms with Crippen LogP contribution in [0, 0.1) is 0 Å². The molecular weight excluding hydrogens is 212 g/mol. The summed E-state index contributed by atoms with van der Waals surface area (Å²) in [6.45, 7) is 0. The molecule has 0 aromatic carbocycles. The minimum Gasteiger partial charge on any atom is -0.296 e. The predicted molar refractivity (Wildman–Crippen MR) is 60.2 cm³/mol. The lowest BCUT2D eigenvalue weighted by molar-refractivity contribution is 0.427. The van der Waals surface area contributed by atoms with Crippen molar-refractivity contribution >= 4 is 11.6 Å². The predicted octanol–water partition coefficient (Wildman–Crippen LogP) is 2.79. The van der Waals surface area contributed by atoms with Crippen molar-refractivity contribution in [2.75, 3.05) is 0 Å². The van der Waals surface area contributed by atoms with Crippen LogP contribution in [-0.4, -0.2) is 9.55 Å². The molecule has 3 nitrogen and oxygen atoms in total. The summed E-state index contributed by atoms with van der Waals surface area (Å²) in [5, 5.41) is 0.282. The first-order valence-electron chi connectivity index (χ1n) is 5.51. The summed E-state index contributed by atoms with van der Waals surface area (Å²) in [5.41, 5.74) is -0.0260. The SMILES string of the molecule is O=c1cc(Cl)ncn1C1CCCCCC1. The second-order valence-corrected chi connectivity index (χ2v) is 4.49. The quantitative estimate of drug-likeness (QED) is 0.545. The van der Waals surface area contributed by atoms with Crippen molar-refractivity contribution in [2.45, 2.75) is 44.6 Å². The minimum atomic E-state index is -0.0260. The zero-order chi connectivity index (χ0) is 10.7. The molecule has 0 radical (unpaired) electrons. The highest BCUT2D eigenvalue weighted by Crippen LogP contribution is 2.25. The van der Waals surface area contributed by atoms with Crippen LogP contribution < -0.4 is 5.56 Å². The summed E-state index contributed by atoms with van der Waals surface area (Å²) in [6.07, 6.45) is 8.74. The highest BCUT2D eigenvalue weighted by Gasteiger charge is 2.15. The molecule has 82 valence electrons. The van der Waals surface area contributed by atoms with Gasteiger partial charge in [-0.1, -0.05) is 37.3 Å². The molecule has 0 saturated heterocycles. The maximum atomic E-state index is 11.7. The molecule has 1 aromatic heterocycles. The average Bonchev–Trinajstić information content (AvgIpc) is 2.46. The molecule has 0 spiro atoms. The van der Waals surface area contributed by atoms with E-state index in [9.17, 15) is 4.79 Å². The van der Waals surface area contributed by atoms with E-state index in [1.165, 1.54) is 31.7 Å². The zero-order valence-electron chi connectivity index (χ0n) is 8.66. The van der Waals surface area contributed by atoms with Gasteiger partial charge in [-0.15, -0.1) is 0 Å². The van der Waals surface area contributed by atoms with Crippen LogP contribution in [0.15, 0.2) is 17.2 Å². The lowest BCUT2D eigenvalue weighted by atomic mass is 10.1. The van der Waals surface area contributed by atoms with Crippen molar-refractivity contribution in [2.24, 2.45) is 0 Å². The van der Waals surface area contributed by atoms with Gasteiger partial charge in [-0.05, 0) is 12.8 Å². The Balaban J connectivity index is 2.23. The second kappa shape index (κ2) is 4.79. The molecular formula is C11H15ClN2O. The van der Waals surface area contributed by atoms with Crippen molar-refractivity contribution in [1.29, 1.82) is 0 Å². The largest absolute Gasteiger partial charge is 0.296 e. The molecule has 15 heavy (non-hydrogen) atoms. The highest BCUT2D eigenvalue weighted by molar-refractivity contribution is 6.29. The number of hydrogen-bond donors (Lipinski definition) is 0. The fraction of sp³-hybridized carbons (Fsp3) is 0.636. The Morgan fingerprint density at radius 2 is 1.93 bits per heavy atom. The van der Waals surface area contributed by atoms with E-state index in [-0.39, 0.29) is 10.7 Å². The molecule has 1 heterocycles. The number of nitrogens with zero attached hydrogens (tertiary/aromatic N) is 2. The van der Waals surface area contributed by atoms with Crippen LogP contribution in [0.4, 0.5) is 0 Å². The van der Waals surface area contributed by atoms with E-state index in [2.05, 4.69) is 4.98 Å². The van der Waals surface area contributed by atoms with Gasteiger partial charge in [0.15, 0.2) is 0 Å². The number of aromatic nitrogens is 2. The minimum absolute atomic E-state index is 0.0260. The van der Waals surface area contributed by atoms with E-state index in [4.69, 9.17) is 11.6 Å². The third-order valence-corrected chi connectivity index (χ3v) is 3.23. The van der Waals surface area contributed by atoms with Gasteiger partial charge in [0.25, 0.3) is 5.56 Å². The van der Waals surface area contributed by atoms with Crippen molar-refractivity contribution in [3.05, 3.63) is 27.9 Å². The molecule has 1 aromatic rings. The molecule has 0 bridgehead atoms. The van der Waals surface area contributed by atoms with Crippen LogP contribution in [0.25, 0.3) is 0 Å². The van der Waals surface area contributed by atoms with Gasteiger partial charge in [-0.3, -0.25) is 9.36 Å². The summed E-state index contributed by atoms with van der Waals surface area (Å²) in [7, 11) is 0. The van der Waals surface area contributed by atoms with Crippen LogP contribution in [0.1, 0.15) is 44.6 Å².